The molecule has 1 aromatic rings. The Morgan fingerprint density at radius 2 is 2.17 bits per heavy atom. The number of β-amino-alcohol motifs (C(OH)–C–C–N with tert-alkyl or cyclic N) is 1. The van der Waals surface area contributed by atoms with Crippen LogP contribution >= 0.6 is 27.5 Å². The van der Waals surface area contributed by atoms with Gasteiger partial charge in [0.05, 0.1) is 18.7 Å². The van der Waals surface area contributed by atoms with E-state index in [-0.39, 0.29) is 5.91 Å². The summed E-state index contributed by atoms with van der Waals surface area (Å²) in [5.41, 5.74) is -0.145. The lowest BCUT2D eigenvalue weighted by Gasteiger charge is -2.46. The molecule has 2 rings (SSSR count). The van der Waals surface area contributed by atoms with Crippen molar-refractivity contribution in [3.05, 3.63) is 33.3 Å². The van der Waals surface area contributed by atoms with Gasteiger partial charge in [-0.2, -0.15) is 0 Å². The van der Waals surface area contributed by atoms with Crippen LogP contribution in [0.25, 0.3) is 0 Å². The molecule has 0 unspecified atom stereocenters. The van der Waals surface area contributed by atoms with E-state index in [4.69, 9.17) is 11.6 Å². The highest BCUT2D eigenvalue weighted by molar-refractivity contribution is 9.10. The molecule has 1 heterocycles. The van der Waals surface area contributed by atoms with Gasteiger partial charge in [0.15, 0.2) is 0 Å². The van der Waals surface area contributed by atoms with Gasteiger partial charge in [-0.25, -0.2) is 0 Å². The van der Waals surface area contributed by atoms with Crippen molar-refractivity contribution < 1.29 is 9.90 Å². The predicted molar refractivity (Wildman–Crippen MR) is 74.9 cm³/mol. The van der Waals surface area contributed by atoms with Gasteiger partial charge in [0.1, 0.15) is 0 Å². The maximum atomic E-state index is 12.2. The van der Waals surface area contributed by atoms with E-state index in [1.54, 1.807) is 23.1 Å². The van der Waals surface area contributed by atoms with E-state index >= 15 is 0 Å². The van der Waals surface area contributed by atoms with Crippen LogP contribution in [0.4, 0.5) is 0 Å². The SMILES string of the molecule is CCCC1(O)CN(C(=O)c2cc(Cl)cc(Br)c2)C1. The van der Waals surface area contributed by atoms with Crippen LogP contribution in [0.5, 0.6) is 0 Å². The normalized spacial score (nSPS) is 17.4. The first kappa shape index (κ1) is 13.8. The standard InChI is InChI=1S/C13H15BrClNO2/c1-2-3-13(18)7-16(8-13)12(17)9-4-10(14)6-11(15)5-9/h4-6,18H,2-3,7-8H2,1H3. The number of carbonyl (C=O) groups excluding carboxylic acids is 1. The molecular weight excluding hydrogens is 318 g/mol. The van der Waals surface area contributed by atoms with Gasteiger partial charge in [-0.15, -0.1) is 0 Å². The zero-order chi connectivity index (χ0) is 13.3. The predicted octanol–water partition coefficient (Wildman–Crippen LogP) is 3.09. The Labute approximate surface area is 120 Å². The number of benzene rings is 1. The molecule has 1 fully saturated rings. The molecule has 3 nitrogen and oxygen atoms in total. The second kappa shape index (κ2) is 5.19. The van der Waals surface area contributed by atoms with E-state index in [0.717, 1.165) is 17.3 Å². The highest BCUT2D eigenvalue weighted by Gasteiger charge is 2.42. The molecule has 1 aromatic carbocycles. The Kier molecular flexibility index (Phi) is 3.99. The summed E-state index contributed by atoms with van der Waals surface area (Å²) in [5.74, 6) is -0.0843. The van der Waals surface area contributed by atoms with E-state index < -0.39 is 5.60 Å². The minimum absolute atomic E-state index is 0.0843. The average Bonchev–Trinajstić information content (AvgIpc) is 2.23. The minimum atomic E-state index is -0.694. The molecule has 98 valence electrons. The summed E-state index contributed by atoms with van der Waals surface area (Å²) in [6.45, 7) is 2.84. The van der Waals surface area contributed by atoms with Crippen LogP contribution in [0.3, 0.4) is 0 Å². The number of carbonyl (C=O) groups is 1. The zero-order valence-corrected chi connectivity index (χ0v) is 12.5. The van der Waals surface area contributed by atoms with Crippen molar-refractivity contribution in [2.45, 2.75) is 25.4 Å². The van der Waals surface area contributed by atoms with Crippen molar-refractivity contribution in [2.24, 2.45) is 0 Å². The van der Waals surface area contributed by atoms with Crippen LogP contribution in [0.15, 0.2) is 22.7 Å². The molecule has 0 bridgehead atoms. The number of hydrogen-bond donors (Lipinski definition) is 1. The smallest absolute Gasteiger partial charge is 0.254 e. The number of aliphatic hydroxyl groups is 1. The Morgan fingerprint density at radius 1 is 1.50 bits per heavy atom. The van der Waals surface area contributed by atoms with Gasteiger partial charge in [-0.3, -0.25) is 4.79 Å². The van der Waals surface area contributed by atoms with Crippen molar-refractivity contribution in [1.82, 2.24) is 4.90 Å². The van der Waals surface area contributed by atoms with Gasteiger partial charge in [-0.1, -0.05) is 40.9 Å². The number of halogens is 2. The van der Waals surface area contributed by atoms with Gasteiger partial charge in [-0.05, 0) is 24.6 Å². The lowest BCUT2D eigenvalue weighted by Crippen LogP contribution is -2.63. The van der Waals surface area contributed by atoms with Crippen LogP contribution in [-0.2, 0) is 0 Å². The fourth-order valence-electron chi connectivity index (χ4n) is 2.29. The van der Waals surface area contributed by atoms with Crippen molar-refractivity contribution in [3.63, 3.8) is 0 Å². The fraction of sp³-hybridized carbons (Fsp3) is 0.462. The van der Waals surface area contributed by atoms with Crippen molar-refractivity contribution >= 4 is 33.4 Å². The zero-order valence-electron chi connectivity index (χ0n) is 10.1. The summed E-state index contributed by atoms with van der Waals surface area (Å²) in [6, 6.07) is 5.12. The maximum absolute atomic E-state index is 12.2. The van der Waals surface area contributed by atoms with E-state index in [9.17, 15) is 9.90 Å². The number of likely N-dealkylation sites (tertiary alicyclic amines) is 1. The number of nitrogens with zero attached hydrogens (tertiary/aromatic N) is 1. The third-order valence-electron chi connectivity index (χ3n) is 3.08. The Bertz CT molecular complexity index is 452. The molecule has 18 heavy (non-hydrogen) atoms. The third-order valence-corrected chi connectivity index (χ3v) is 3.76. The highest BCUT2D eigenvalue weighted by atomic mass is 79.9. The van der Waals surface area contributed by atoms with Crippen LogP contribution in [0.2, 0.25) is 5.02 Å². The quantitative estimate of drug-likeness (QED) is 0.924. The molecule has 0 atom stereocenters. The summed E-state index contributed by atoms with van der Waals surface area (Å²) in [6.07, 6.45) is 1.65. The fourth-order valence-corrected chi connectivity index (χ4v) is 3.15. The first-order valence-corrected chi connectivity index (χ1v) is 7.08. The molecule has 1 aliphatic heterocycles. The molecule has 0 saturated carbocycles. The first-order chi connectivity index (χ1) is 8.43. The van der Waals surface area contributed by atoms with E-state index in [2.05, 4.69) is 15.9 Å². The highest BCUT2D eigenvalue weighted by Crippen LogP contribution is 2.28. The molecule has 0 spiro atoms. The topological polar surface area (TPSA) is 40.5 Å². The molecule has 0 aromatic heterocycles. The lowest BCUT2D eigenvalue weighted by atomic mass is 9.89. The summed E-state index contributed by atoms with van der Waals surface area (Å²) in [4.78, 5) is 13.8. The molecular formula is C13H15BrClNO2. The molecule has 0 radical (unpaired) electrons. The first-order valence-electron chi connectivity index (χ1n) is 5.91. The number of amides is 1. The van der Waals surface area contributed by atoms with E-state index in [0.29, 0.717) is 23.7 Å². The molecule has 0 aliphatic carbocycles. The van der Waals surface area contributed by atoms with Crippen LogP contribution in [-0.4, -0.2) is 34.6 Å². The Morgan fingerprint density at radius 3 is 2.72 bits per heavy atom. The average molecular weight is 333 g/mol. The Hall–Kier alpha value is -0.580. The summed E-state index contributed by atoms with van der Waals surface area (Å²) < 4.78 is 0.780. The molecule has 1 N–H and O–H groups in total. The van der Waals surface area contributed by atoms with Crippen molar-refractivity contribution in [2.75, 3.05) is 13.1 Å². The summed E-state index contributed by atoms with van der Waals surface area (Å²) in [7, 11) is 0. The number of rotatable bonds is 3. The van der Waals surface area contributed by atoms with Crippen molar-refractivity contribution in [3.8, 4) is 0 Å². The molecule has 5 heteroatoms. The second-order valence-electron chi connectivity index (χ2n) is 4.79. The van der Waals surface area contributed by atoms with E-state index in [1.165, 1.54) is 0 Å². The second-order valence-corrected chi connectivity index (χ2v) is 6.15. The Balaban J connectivity index is 2.06. The van der Waals surface area contributed by atoms with E-state index in [1.807, 2.05) is 6.92 Å². The molecule has 1 saturated heterocycles. The summed E-state index contributed by atoms with van der Waals surface area (Å²) >= 11 is 9.23. The van der Waals surface area contributed by atoms with Crippen LogP contribution in [0, 0.1) is 0 Å². The summed E-state index contributed by atoms with van der Waals surface area (Å²) in [5, 5.41) is 10.6. The van der Waals surface area contributed by atoms with Crippen LogP contribution < -0.4 is 0 Å². The molecule has 1 aliphatic rings. The van der Waals surface area contributed by atoms with Crippen LogP contribution in [0.1, 0.15) is 30.1 Å². The number of hydrogen-bond acceptors (Lipinski definition) is 2. The minimum Gasteiger partial charge on any atom is -0.386 e. The largest absolute Gasteiger partial charge is 0.386 e. The third kappa shape index (κ3) is 2.87. The maximum Gasteiger partial charge on any atom is 0.254 e. The van der Waals surface area contributed by atoms with Crippen molar-refractivity contribution in [1.29, 1.82) is 0 Å². The van der Waals surface area contributed by atoms with Gasteiger partial charge in [0.2, 0.25) is 0 Å². The van der Waals surface area contributed by atoms with Gasteiger partial charge in [0.25, 0.3) is 5.91 Å². The molecule has 1 amide bonds. The van der Waals surface area contributed by atoms with Gasteiger partial charge < -0.3 is 10.0 Å². The van der Waals surface area contributed by atoms with Gasteiger partial charge in [0, 0.05) is 15.1 Å². The van der Waals surface area contributed by atoms with Gasteiger partial charge >= 0.3 is 0 Å². The lowest BCUT2D eigenvalue weighted by molar-refractivity contribution is -0.0860. The monoisotopic (exact) mass is 331 g/mol.